The molecule has 0 bridgehead atoms. The zero-order chi connectivity index (χ0) is 13.8. The lowest BCUT2D eigenvalue weighted by molar-refractivity contribution is 0.0725. The van der Waals surface area contributed by atoms with E-state index in [9.17, 15) is 4.79 Å². The summed E-state index contributed by atoms with van der Waals surface area (Å²) in [6, 6.07) is 7.79. The molecule has 0 radical (unpaired) electrons. The van der Waals surface area contributed by atoms with E-state index >= 15 is 0 Å². The molecule has 2 rings (SSSR count). The van der Waals surface area contributed by atoms with Gasteiger partial charge in [0.1, 0.15) is 5.58 Å². The maximum absolute atomic E-state index is 12.5. The lowest BCUT2D eigenvalue weighted by atomic mass is 10.1. The highest BCUT2D eigenvalue weighted by molar-refractivity contribution is 5.98. The molecular weight excluding hydrogens is 238 g/mol. The highest BCUT2D eigenvalue weighted by Crippen LogP contribution is 2.26. The molecule has 1 aromatic carbocycles. The average Bonchev–Trinajstić information content (AvgIpc) is 2.76. The number of rotatable bonds is 5. The molecule has 1 aromatic heterocycles. The van der Waals surface area contributed by atoms with Crippen LogP contribution in [0.15, 0.2) is 28.7 Å². The molecule has 0 saturated carbocycles. The van der Waals surface area contributed by atoms with E-state index in [-0.39, 0.29) is 5.91 Å². The lowest BCUT2D eigenvalue weighted by Gasteiger charge is -2.20. The first-order chi connectivity index (χ1) is 9.19. The van der Waals surface area contributed by atoms with Crippen molar-refractivity contribution in [3.8, 4) is 0 Å². The molecule has 19 heavy (non-hydrogen) atoms. The van der Waals surface area contributed by atoms with Gasteiger partial charge in [-0.15, -0.1) is 0 Å². The summed E-state index contributed by atoms with van der Waals surface area (Å²) < 4.78 is 5.74. The quantitative estimate of drug-likeness (QED) is 0.813. The van der Waals surface area contributed by atoms with Crippen LogP contribution < -0.4 is 0 Å². The molecule has 1 heterocycles. The third-order valence-corrected chi connectivity index (χ3v) is 3.31. The first kappa shape index (κ1) is 13.7. The van der Waals surface area contributed by atoms with Crippen molar-refractivity contribution in [1.29, 1.82) is 0 Å². The third kappa shape index (κ3) is 2.65. The molecule has 0 saturated heterocycles. The Morgan fingerprint density at radius 3 is 2.37 bits per heavy atom. The van der Waals surface area contributed by atoms with Crippen LogP contribution in [0.5, 0.6) is 0 Å². The van der Waals surface area contributed by atoms with Crippen molar-refractivity contribution in [2.24, 2.45) is 0 Å². The number of carbonyl (C=O) groups excluding carboxylic acids is 1. The monoisotopic (exact) mass is 259 g/mol. The number of amides is 1. The second-order valence-corrected chi connectivity index (χ2v) is 4.84. The van der Waals surface area contributed by atoms with E-state index < -0.39 is 0 Å². The van der Waals surface area contributed by atoms with Crippen LogP contribution in [0.4, 0.5) is 0 Å². The highest BCUT2D eigenvalue weighted by atomic mass is 16.3. The molecule has 1 amide bonds. The molecule has 0 fully saturated rings. The fraction of sp³-hybridized carbons (Fsp3) is 0.438. The topological polar surface area (TPSA) is 33.5 Å². The van der Waals surface area contributed by atoms with Gasteiger partial charge in [-0.05, 0) is 25.8 Å². The lowest BCUT2D eigenvalue weighted by Crippen LogP contribution is -2.32. The smallest absolute Gasteiger partial charge is 0.289 e. The normalized spacial score (nSPS) is 10.9. The number of fused-ring (bicyclic) bond motifs is 1. The molecular formula is C16H21NO2. The van der Waals surface area contributed by atoms with Crippen molar-refractivity contribution < 1.29 is 9.21 Å². The maximum atomic E-state index is 12.5. The maximum Gasteiger partial charge on any atom is 0.289 e. The van der Waals surface area contributed by atoms with E-state index in [0.717, 1.165) is 42.5 Å². The summed E-state index contributed by atoms with van der Waals surface area (Å²) in [5, 5.41) is 1.03. The first-order valence-corrected chi connectivity index (χ1v) is 6.96. The van der Waals surface area contributed by atoms with E-state index in [0.29, 0.717) is 5.76 Å². The minimum atomic E-state index is 0.0115. The Hall–Kier alpha value is -1.77. The van der Waals surface area contributed by atoms with Crippen molar-refractivity contribution in [3.63, 3.8) is 0 Å². The molecule has 102 valence electrons. The fourth-order valence-corrected chi connectivity index (χ4v) is 2.38. The van der Waals surface area contributed by atoms with Gasteiger partial charge in [0.05, 0.1) is 0 Å². The molecule has 0 spiro atoms. The second-order valence-electron chi connectivity index (χ2n) is 4.84. The van der Waals surface area contributed by atoms with Crippen LogP contribution in [0, 0.1) is 6.92 Å². The van der Waals surface area contributed by atoms with Crippen molar-refractivity contribution in [3.05, 3.63) is 35.6 Å². The second kappa shape index (κ2) is 5.91. The van der Waals surface area contributed by atoms with Crippen LogP contribution >= 0.6 is 0 Å². The van der Waals surface area contributed by atoms with Crippen molar-refractivity contribution >= 4 is 16.9 Å². The molecule has 3 heteroatoms. The number of nitrogens with zero attached hydrogens (tertiary/aromatic N) is 1. The summed E-state index contributed by atoms with van der Waals surface area (Å²) >= 11 is 0. The Labute approximate surface area is 114 Å². The van der Waals surface area contributed by atoms with Crippen LogP contribution in [0.25, 0.3) is 11.0 Å². The Morgan fingerprint density at radius 2 is 1.79 bits per heavy atom. The third-order valence-electron chi connectivity index (χ3n) is 3.31. The summed E-state index contributed by atoms with van der Waals surface area (Å²) in [6.45, 7) is 7.68. The van der Waals surface area contributed by atoms with E-state index in [1.165, 1.54) is 0 Å². The first-order valence-electron chi connectivity index (χ1n) is 6.96. The van der Waals surface area contributed by atoms with Crippen LogP contribution in [0.2, 0.25) is 0 Å². The summed E-state index contributed by atoms with van der Waals surface area (Å²) in [4.78, 5) is 14.4. The minimum Gasteiger partial charge on any atom is -0.451 e. The molecule has 0 aliphatic heterocycles. The molecule has 0 N–H and O–H groups in total. The number of hydrogen-bond donors (Lipinski definition) is 0. The van der Waals surface area contributed by atoms with Crippen LogP contribution in [-0.4, -0.2) is 23.9 Å². The summed E-state index contributed by atoms with van der Waals surface area (Å²) in [7, 11) is 0. The Balaban J connectivity index is 2.37. The Bertz CT molecular complexity index is 565. The number of furan rings is 1. The molecule has 2 aromatic rings. The van der Waals surface area contributed by atoms with E-state index in [1.807, 2.05) is 36.1 Å². The number of hydrogen-bond acceptors (Lipinski definition) is 2. The SMILES string of the molecule is CCCN(CCC)C(=O)c1oc2ccccc2c1C. The summed E-state index contributed by atoms with van der Waals surface area (Å²) in [5.74, 6) is 0.500. The van der Waals surface area contributed by atoms with Crippen LogP contribution in [0.3, 0.4) is 0 Å². The number of benzene rings is 1. The predicted octanol–water partition coefficient (Wildman–Crippen LogP) is 4.00. The predicted molar refractivity (Wildman–Crippen MR) is 77.4 cm³/mol. The minimum absolute atomic E-state index is 0.0115. The van der Waals surface area contributed by atoms with Crippen molar-refractivity contribution in [2.75, 3.05) is 13.1 Å². The number of para-hydroxylation sites is 1. The Morgan fingerprint density at radius 1 is 1.16 bits per heavy atom. The Kier molecular flexibility index (Phi) is 4.25. The molecule has 0 aliphatic carbocycles. The van der Waals surface area contributed by atoms with Gasteiger partial charge < -0.3 is 9.32 Å². The zero-order valence-electron chi connectivity index (χ0n) is 11.9. The van der Waals surface area contributed by atoms with Gasteiger partial charge in [0.15, 0.2) is 5.76 Å². The summed E-state index contributed by atoms with van der Waals surface area (Å²) in [5.41, 5.74) is 1.73. The fourth-order valence-electron chi connectivity index (χ4n) is 2.38. The van der Waals surface area contributed by atoms with Gasteiger partial charge in [-0.2, -0.15) is 0 Å². The molecule has 0 atom stereocenters. The van der Waals surface area contributed by atoms with Crippen molar-refractivity contribution in [1.82, 2.24) is 4.90 Å². The standard InChI is InChI=1S/C16H21NO2/c1-4-10-17(11-5-2)16(18)15-12(3)13-8-6-7-9-14(13)19-15/h6-9H,4-5,10-11H2,1-3H3. The molecule has 0 unspecified atom stereocenters. The number of carbonyl (C=O) groups is 1. The van der Waals surface area contributed by atoms with Gasteiger partial charge in [-0.1, -0.05) is 32.0 Å². The van der Waals surface area contributed by atoms with Gasteiger partial charge in [-0.25, -0.2) is 0 Å². The molecule has 3 nitrogen and oxygen atoms in total. The molecule has 0 aliphatic rings. The largest absolute Gasteiger partial charge is 0.451 e. The van der Waals surface area contributed by atoms with E-state index in [2.05, 4.69) is 13.8 Å². The summed E-state index contributed by atoms with van der Waals surface area (Å²) in [6.07, 6.45) is 1.93. The van der Waals surface area contributed by atoms with Gasteiger partial charge in [0, 0.05) is 24.0 Å². The van der Waals surface area contributed by atoms with Crippen LogP contribution in [0.1, 0.15) is 42.8 Å². The van der Waals surface area contributed by atoms with Gasteiger partial charge >= 0.3 is 0 Å². The van der Waals surface area contributed by atoms with E-state index in [1.54, 1.807) is 0 Å². The van der Waals surface area contributed by atoms with Crippen LogP contribution in [-0.2, 0) is 0 Å². The van der Waals surface area contributed by atoms with E-state index in [4.69, 9.17) is 4.42 Å². The van der Waals surface area contributed by atoms with Gasteiger partial charge in [0.25, 0.3) is 5.91 Å². The highest BCUT2D eigenvalue weighted by Gasteiger charge is 2.22. The average molecular weight is 259 g/mol. The van der Waals surface area contributed by atoms with Gasteiger partial charge in [0.2, 0.25) is 0 Å². The van der Waals surface area contributed by atoms with Gasteiger partial charge in [-0.3, -0.25) is 4.79 Å². The zero-order valence-corrected chi connectivity index (χ0v) is 11.9. The van der Waals surface area contributed by atoms with Crippen molar-refractivity contribution in [2.45, 2.75) is 33.6 Å². The number of aryl methyl sites for hydroxylation is 1.